The molecule has 1 heterocycles. The van der Waals surface area contributed by atoms with E-state index < -0.39 is 18.5 Å². The molecule has 0 bridgehead atoms. The Morgan fingerprint density at radius 3 is 2.41 bits per heavy atom. The van der Waals surface area contributed by atoms with E-state index in [1.54, 1.807) is 24.3 Å². The van der Waals surface area contributed by atoms with Crippen molar-refractivity contribution in [2.24, 2.45) is 0 Å². The fourth-order valence-corrected chi connectivity index (χ4v) is 3.74. The van der Waals surface area contributed by atoms with Crippen LogP contribution in [0.4, 0.5) is 11.4 Å². The third-order valence-corrected chi connectivity index (χ3v) is 5.08. The standard InChI is InChI=1S/C20H18N2O4S/c1-12-16-8-3-4-9-17(16)27-19(12)20(25)26-11-18(24)22-15-7-5-6-14(10-15)21-13(2)23/h3-10H,11H2,1-2H3,(H,21,23)(H,22,24). The van der Waals surface area contributed by atoms with E-state index in [1.807, 2.05) is 31.2 Å². The molecular weight excluding hydrogens is 364 g/mol. The molecule has 2 aromatic carbocycles. The number of aryl methyl sites for hydroxylation is 1. The molecule has 0 unspecified atom stereocenters. The zero-order valence-electron chi connectivity index (χ0n) is 14.9. The van der Waals surface area contributed by atoms with Crippen LogP contribution in [-0.4, -0.2) is 24.4 Å². The first-order valence-electron chi connectivity index (χ1n) is 8.27. The zero-order chi connectivity index (χ0) is 19.4. The lowest BCUT2D eigenvalue weighted by Crippen LogP contribution is -2.21. The molecule has 7 heteroatoms. The van der Waals surface area contributed by atoms with Crippen LogP contribution in [0.1, 0.15) is 22.2 Å². The highest BCUT2D eigenvalue weighted by atomic mass is 32.1. The maximum atomic E-state index is 12.3. The number of amides is 2. The second kappa shape index (κ2) is 8.01. The zero-order valence-corrected chi connectivity index (χ0v) is 15.7. The molecule has 0 saturated heterocycles. The minimum Gasteiger partial charge on any atom is -0.451 e. The van der Waals surface area contributed by atoms with Gasteiger partial charge in [0.05, 0.1) is 0 Å². The van der Waals surface area contributed by atoms with Crippen molar-refractivity contribution >= 4 is 50.6 Å². The first-order chi connectivity index (χ1) is 12.9. The number of rotatable bonds is 5. The highest BCUT2D eigenvalue weighted by Crippen LogP contribution is 2.30. The van der Waals surface area contributed by atoms with Gasteiger partial charge in [-0.1, -0.05) is 24.3 Å². The molecule has 3 rings (SSSR count). The number of hydrogen-bond acceptors (Lipinski definition) is 5. The Kier molecular flexibility index (Phi) is 5.52. The van der Waals surface area contributed by atoms with Crippen LogP contribution in [-0.2, 0) is 14.3 Å². The van der Waals surface area contributed by atoms with Crippen molar-refractivity contribution < 1.29 is 19.1 Å². The van der Waals surface area contributed by atoms with Gasteiger partial charge in [-0.15, -0.1) is 11.3 Å². The quantitative estimate of drug-likeness (QED) is 0.654. The summed E-state index contributed by atoms with van der Waals surface area (Å²) in [5.74, 6) is -1.18. The van der Waals surface area contributed by atoms with Crippen molar-refractivity contribution in [2.75, 3.05) is 17.2 Å². The number of carbonyl (C=O) groups excluding carboxylic acids is 3. The van der Waals surface area contributed by atoms with Crippen LogP contribution in [0.2, 0.25) is 0 Å². The number of hydrogen-bond donors (Lipinski definition) is 2. The lowest BCUT2D eigenvalue weighted by Gasteiger charge is -2.08. The largest absolute Gasteiger partial charge is 0.451 e. The summed E-state index contributed by atoms with van der Waals surface area (Å²) in [4.78, 5) is 36.0. The van der Waals surface area contributed by atoms with E-state index in [-0.39, 0.29) is 5.91 Å². The third-order valence-electron chi connectivity index (χ3n) is 3.83. The molecular formula is C20H18N2O4S. The minimum absolute atomic E-state index is 0.203. The van der Waals surface area contributed by atoms with E-state index in [0.29, 0.717) is 16.3 Å². The van der Waals surface area contributed by atoms with Crippen molar-refractivity contribution in [3.05, 3.63) is 59.0 Å². The topological polar surface area (TPSA) is 84.5 Å². The van der Waals surface area contributed by atoms with Crippen LogP contribution in [0.15, 0.2) is 48.5 Å². The summed E-state index contributed by atoms with van der Waals surface area (Å²) in [6.45, 7) is 2.88. The van der Waals surface area contributed by atoms with Crippen molar-refractivity contribution in [2.45, 2.75) is 13.8 Å². The van der Waals surface area contributed by atoms with Gasteiger partial charge in [-0.2, -0.15) is 0 Å². The molecule has 138 valence electrons. The van der Waals surface area contributed by atoms with Crippen LogP contribution in [0, 0.1) is 6.92 Å². The van der Waals surface area contributed by atoms with Crippen LogP contribution < -0.4 is 10.6 Å². The maximum Gasteiger partial charge on any atom is 0.349 e. The number of thiophene rings is 1. The maximum absolute atomic E-state index is 12.3. The Hall–Kier alpha value is -3.19. The number of benzene rings is 2. The van der Waals surface area contributed by atoms with Gasteiger partial charge in [0.25, 0.3) is 5.91 Å². The third kappa shape index (κ3) is 4.51. The second-order valence-electron chi connectivity index (χ2n) is 5.94. The fraction of sp³-hybridized carbons (Fsp3) is 0.150. The summed E-state index contributed by atoms with van der Waals surface area (Å²) in [6, 6.07) is 14.4. The predicted molar refractivity (Wildman–Crippen MR) is 106 cm³/mol. The van der Waals surface area contributed by atoms with Gasteiger partial charge in [0.15, 0.2) is 6.61 Å². The van der Waals surface area contributed by atoms with E-state index in [1.165, 1.54) is 18.3 Å². The van der Waals surface area contributed by atoms with E-state index in [4.69, 9.17) is 4.74 Å². The Bertz CT molecular complexity index is 1030. The Balaban J connectivity index is 1.61. The summed E-state index contributed by atoms with van der Waals surface area (Å²) in [7, 11) is 0. The molecule has 0 aliphatic carbocycles. The molecule has 2 N–H and O–H groups in total. The van der Waals surface area contributed by atoms with Gasteiger partial charge in [-0.25, -0.2) is 4.79 Å². The SMILES string of the molecule is CC(=O)Nc1cccc(NC(=O)COC(=O)c2sc3ccccc3c2C)c1. The summed E-state index contributed by atoms with van der Waals surface area (Å²) in [5, 5.41) is 6.28. The van der Waals surface area contributed by atoms with Crippen molar-refractivity contribution in [1.29, 1.82) is 0 Å². The number of fused-ring (bicyclic) bond motifs is 1. The van der Waals surface area contributed by atoms with Crippen molar-refractivity contribution in [3.8, 4) is 0 Å². The van der Waals surface area contributed by atoms with Crippen LogP contribution in [0.3, 0.4) is 0 Å². The van der Waals surface area contributed by atoms with Gasteiger partial charge in [0.2, 0.25) is 5.91 Å². The Morgan fingerprint density at radius 2 is 1.70 bits per heavy atom. The first kappa shape index (κ1) is 18.6. The molecule has 0 saturated carbocycles. The Labute approximate surface area is 160 Å². The molecule has 1 aromatic heterocycles. The second-order valence-corrected chi connectivity index (χ2v) is 6.99. The highest BCUT2D eigenvalue weighted by Gasteiger charge is 2.17. The normalized spacial score (nSPS) is 10.4. The van der Waals surface area contributed by atoms with Gasteiger partial charge in [0, 0.05) is 23.0 Å². The van der Waals surface area contributed by atoms with Gasteiger partial charge >= 0.3 is 5.97 Å². The molecule has 0 fully saturated rings. The summed E-state index contributed by atoms with van der Waals surface area (Å²) in [5.41, 5.74) is 1.92. The number of nitrogens with one attached hydrogen (secondary N) is 2. The average molecular weight is 382 g/mol. The first-order valence-corrected chi connectivity index (χ1v) is 9.08. The average Bonchev–Trinajstić information content (AvgIpc) is 2.97. The monoisotopic (exact) mass is 382 g/mol. The van der Waals surface area contributed by atoms with E-state index >= 15 is 0 Å². The van der Waals surface area contributed by atoms with Crippen LogP contribution in [0.5, 0.6) is 0 Å². The summed E-state index contributed by atoms with van der Waals surface area (Å²) in [6.07, 6.45) is 0. The van der Waals surface area contributed by atoms with Crippen molar-refractivity contribution in [3.63, 3.8) is 0 Å². The number of ether oxygens (including phenoxy) is 1. The van der Waals surface area contributed by atoms with E-state index in [0.717, 1.165) is 15.6 Å². The molecule has 0 aliphatic rings. The molecule has 0 aliphatic heterocycles. The van der Waals surface area contributed by atoms with Gasteiger partial charge in [0.1, 0.15) is 4.88 Å². The van der Waals surface area contributed by atoms with Crippen LogP contribution in [0.25, 0.3) is 10.1 Å². The van der Waals surface area contributed by atoms with Gasteiger partial charge < -0.3 is 15.4 Å². The predicted octanol–water partition coefficient (Wildman–Crippen LogP) is 3.96. The highest BCUT2D eigenvalue weighted by molar-refractivity contribution is 7.21. The molecule has 0 spiro atoms. The molecule has 3 aromatic rings. The van der Waals surface area contributed by atoms with Crippen LogP contribution >= 0.6 is 11.3 Å². The van der Waals surface area contributed by atoms with E-state index in [9.17, 15) is 14.4 Å². The fourth-order valence-electron chi connectivity index (χ4n) is 2.64. The minimum atomic E-state index is -0.518. The summed E-state index contributed by atoms with van der Waals surface area (Å²) < 4.78 is 6.16. The number of anilines is 2. The molecule has 6 nitrogen and oxygen atoms in total. The molecule has 27 heavy (non-hydrogen) atoms. The summed E-state index contributed by atoms with van der Waals surface area (Å²) >= 11 is 1.35. The molecule has 0 radical (unpaired) electrons. The number of esters is 1. The Morgan fingerprint density at radius 1 is 1.00 bits per heavy atom. The van der Waals surface area contributed by atoms with E-state index in [2.05, 4.69) is 10.6 Å². The molecule has 2 amide bonds. The smallest absolute Gasteiger partial charge is 0.349 e. The lowest BCUT2D eigenvalue weighted by molar-refractivity contribution is -0.119. The number of carbonyl (C=O) groups is 3. The van der Waals surface area contributed by atoms with Gasteiger partial charge in [-0.3, -0.25) is 9.59 Å². The van der Waals surface area contributed by atoms with Crippen molar-refractivity contribution in [1.82, 2.24) is 0 Å². The van der Waals surface area contributed by atoms with Gasteiger partial charge in [-0.05, 0) is 42.1 Å². The lowest BCUT2D eigenvalue weighted by atomic mass is 10.1. The molecule has 0 atom stereocenters.